The number of aromatic nitrogens is 1. The van der Waals surface area contributed by atoms with Crippen LogP contribution in [0.5, 0.6) is 0 Å². The molecule has 5 heteroatoms. The van der Waals surface area contributed by atoms with Gasteiger partial charge in [-0.1, -0.05) is 18.2 Å². The zero-order chi connectivity index (χ0) is 11.4. The Morgan fingerprint density at radius 3 is 2.50 bits per heavy atom. The largest absolute Gasteiger partial charge is 0.339 e. The topological polar surface area (TPSA) is 63.0 Å². The van der Waals surface area contributed by atoms with Gasteiger partial charge in [-0.25, -0.2) is 10.8 Å². The van der Waals surface area contributed by atoms with Crippen molar-refractivity contribution in [2.75, 3.05) is 10.7 Å². The van der Waals surface area contributed by atoms with Crippen molar-refractivity contribution in [1.29, 1.82) is 0 Å². The fourth-order valence-electron chi connectivity index (χ4n) is 1.29. The van der Waals surface area contributed by atoms with E-state index in [1.165, 1.54) is 0 Å². The molecule has 0 bridgehead atoms. The lowest BCUT2D eigenvalue weighted by Crippen LogP contribution is -2.08. The molecule has 0 unspecified atom stereocenters. The average Bonchev–Trinajstić information content (AvgIpc) is 2.32. The van der Waals surface area contributed by atoms with Crippen molar-refractivity contribution >= 4 is 33.3 Å². The van der Waals surface area contributed by atoms with Gasteiger partial charge in [-0.15, -0.1) is 0 Å². The Balaban J connectivity index is 2.24. The Morgan fingerprint density at radius 2 is 1.75 bits per heavy atom. The summed E-state index contributed by atoms with van der Waals surface area (Å²) < 4.78 is 0.989. The molecule has 1 heterocycles. The number of hydrogen-bond acceptors (Lipinski definition) is 4. The van der Waals surface area contributed by atoms with Crippen molar-refractivity contribution in [2.24, 2.45) is 5.84 Å². The number of hydrogen-bond donors (Lipinski definition) is 3. The van der Waals surface area contributed by atoms with Gasteiger partial charge < -0.3 is 10.7 Å². The van der Waals surface area contributed by atoms with Crippen LogP contribution in [0.15, 0.2) is 46.9 Å². The maximum atomic E-state index is 5.29. The van der Waals surface area contributed by atoms with Crippen molar-refractivity contribution in [2.45, 2.75) is 0 Å². The number of rotatable bonds is 3. The van der Waals surface area contributed by atoms with Crippen molar-refractivity contribution < 1.29 is 0 Å². The van der Waals surface area contributed by atoms with Gasteiger partial charge in [-0.2, -0.15) is 0 Å². The average molecular weight is 279 g/mol. The lowest BCUT2D eigenvalue weighted by atomic mass is 10.3. The highest BCUT2D eigenvalue weighted by Gasteiger charge is 2.00. The standard InChI is InChI=1S/C11H11BrN4/c12-8-4-1-2-5-9(8)14-10-6-3-7-11(15-10)16-13/h1-7H,13H2,(H2,14,15,16). The number of nitrogens with two attached hydrogens (primary N) is 1. The Bertz CT molecular complexity index is 487. The lowest BCUT2D eigenvalue weighted by Gasteiger charge is -2.08. The molecule has 0 aliphatic rings. The van der Waals surface area contributed by atoms with Gasteiger partial charge >= 0.3 is 0 Å². The normalized spacial score (nSPS) is 9.88. The van der Waals surface area contributed by atoms with Crippen LogP contribution in [-0.2, 0) is 0 Å². The quantitative estimate of drug-likeness (QED) is 0.597. The minimum absolute atomic E-state index is 0.622. The van der Waals surface area contributed by atoms with Gasteiger partial charge in [-0.05, 0) is 40.2 Å². The summed E-state index contributed by atoms with van der Waals surface area (Å²) in [5, 5.41) is 3.19. The van der Waals surface area contributed by atoms with Crippen LogP contribution in [0.4, 0.5) is 17.3 Å². The summed E-state index contributed by atoms with van der Waals surface area (Å²) in [5.41, 5.74) is 3.47. The van der Waals surface area contributed by atoms with Gasteiger partial charge in [0.2, 0.25) is 0 Å². The summed E-state index contributed by atoms with van der Waals surface area (Å²) in [7, 11) is 0. The number of hydrazine groups is 1. The zero-order valence-corrected chi connectivity index (χ0v) is 10.0. The highest BCUT2D eigenvalue weighted by molar-refractivity contribution is 9.10. The van der Waals surface area contributed by atoms with Crippen molar-refractivity contribution in [3.8, 4) is 0 Å². The molecular weight excluding hydrogens is 268 g/mol. The van der Waals surface area contributed by atoms with Crippen molar-refractivity contribution in [1.82, 2.24) is 4.98 Å². The maximum Gasteiger partial charge on any atom is 0.142 e. The van der Waals surface area contributed by atoms with Crippen LogP contribution in [0.25, 0.3) is 0 Å². The number of nitrogens with zero attached hydrogens (tertiary/aromatic N) is 1. The molecule has 16 heavy (non-hydrogen) atoms. The van der Waals surface area contributed by atoms with Gasteiger partial charge in [0.05, 0.1) is 5.69 Å². The van der Waals surface area contributed by atoms with Crippen LogP contribution in [0.1, 0.15) is 0 Å². The summed E-state index contributed by atoms with van der Waals surface area (Å²) >= 11 is 3.46. The van der Waals surface area contributed by atoms with Crippen molar-refractivity contribution in [3.63, 3.8) is 0 Å². The summed E-state index contributed by atoms with van der Waals surface area (Å²) in [6.07, 6.45) is 0. The molecule has 0 aliphatic carbocycles. The maximum absolute atomic E-state index is 5.29. The Morgan fingerprint density at radius 1 is 1.00 bits per heavy atom. The predicted molar refractivity (Wildman–Crippen MR) is 69.5 cm³/mol. The first-order valence-electron chi connectivity index (χ1n) is 4.75. The molecule has 2 rings (SSSR count). The Labute approximate surface area is 102 Å². The molecular formula is C11H11BrN4. The summed E-state index contributed by atoms with van der Waals surface area (Å²) in [6.45, 7) is 0. The van der Waals surface area contributed by atoms with Crippen LogP contribution in [0.2, 0.25) is 0 Å². The lowest BCUT2D eigenvalue weighted by molar-refractivity contribution is 1.22. The minimum atomic E-state index is 0.622. The third-order valence-electron chi connectivity index (χ3n) is 2.03. The summed E-state index contributed by atoms with van der Waals surface area (Å²) in [5.74, 6) is 6.65. The third kappa shape index (κ3) is 2.50. The molecule has 1 aromatic heterocycles. The van der Waals surface area contributed by atoms with Crippen LogP contribution in [0, 0.1) is 0 Å². The number of nitrogen functional groups attached to an aromatic ring is 1. The fraction of sp³-hybridized carbons (Fsp3) is 0. The van der Waals surface area contributed by atoms with E-state index in [-0.39, 0.29) is 0 Å². The molecule has 2 aromatic rings. The second-order valence-corrected chi connectivity index (χ2v) is 4.01. The van der Waals surface area contributed by atoms with E-state index in [0.29, 0.717) is 5.82 Å². The van der Waals surface area contributed by atoms with Crippen LogP contribution in [-0.4, -0.2) is 4.98 Å². The van der Waals surface area contributed by atoms with E-state index in [4.69, 9.17) is 5.84 Å². The SMILES string of the molecule is NNc1cccc(Nc2ccccc2Br)n1. The molecule has 0 saturated heterocycles. The van der Waals surface area contributed by atoms with E-state index in [9.17, 15) is 0 Å². The molecule has 0 aliphatic heterocycles. The van der Waals surface area contributed by atoms with Gasteiger partial charge in [0.15, 0.2) is 0 Å². The number of benzene rings is 1. The second-order valence-electron chi connectivity index (χ2n) is 3.16. The molecule has 0 fully saturated rings. The van der Waals surface area contributed by atoms with Gasteiger partial charge in [0.1, 0.15) is 11.6 Å². The van der Waals surface area contributed by atoms with E-state index >= 15 is 0 Å². The van der Waals surface area contributed by atoms with E-state index in [2.05, 4.69) is 31.7 Å². The molecule has 0 spiro atoms. The van der Waals surface area contributed by atoms with E-state index in [0.717, 1.165) is 16.0 Å². The number of anilines is 3. The Kier molecular flexibility index (Phi) is 3.38. The third-order valence-corrected chi connectivity index (χ3v) is 2.73. The number of pyridine rings is 1. The summed E-state index contributed by atoms with van der Waals surface area (Å²) in [6, 6.07) is 13.4. The molecule has 4 N–H and O–H groups in total. The first-order chi connectivity index (χ1) is 7.79. The molecule has 0 amide bonds. The molecule has 0 radical (unpaired) electrons. The van der Waals surface area contributed by atoms with Crippen LogP contribution >= 0.6 is 15.9 Å². The van der Waals surface area contributed by atoms with E-state index < -0.39 is 0 Å². The van der Waals surface area contributed by atoms with Gasteiger partial charge in [0, 0.05) is 4.47 Å². The highest BCUT2D eigenvalue weighted by Crippen LogP contribution is 2.24. The first-order valence-corrected chi connectivity index (χ1v) is 5.54. The minimum Gasteiger partial charge on any atom is -0.339 e. The van der Waals surface area contributed by atoms with E-state index in [1.807, 2.05) is 36.4 Å². The second kappa shape index (κ2) is 4.96. The molecule has 0 saturated carbocycles. The van der Waals surface area contributed by atoms with Gasteiger partial charge in [0.25, 0.3) is 0 Å². The van der Waals surface area contributed by atoms with E-state index in [1.54, 1.807) is 6.07 Å². The van der Waals surface area contributed by atoms with Crippen LogP contribution < -0.4 is 16.6 Å². The number of halogens is 1. The fourth-order valence-corrected chi connectivity index (χ4v) is 1.67. The summed E-state index contributed by atoms with van der Waals surface area (Å²) in [4.78, 5) is 4.26. The molecule has 82 valence electrons. The molecule has 0 atom stereocenters. The molecule has 4 nitrogen and oxygen atoms in total. The predicted octanol–water partition coefficient (Wildman–Crippen LogP) is 2.87. The highest BCUT2D eigenvalue weighted by atomic mass is 79.9. The van der Waals surface area contributed by atoms with Crippen LogP contribution in [0.3, 0.4) is 0 Å². The number of para-hydroxylation sites is 1. The first kappa shape index (κ1) is 10.9. The number of nitrogens with one attached hydrogen (secondary N) is 2. The molecule has 1 aromatic carbocycles. The monoisotopic (exact) mass is 278 g/mol. The zero-order valence-electron chi connectivity index (χ0n) is 8.44. The smallest absolute Gasteiger partial charge is 0.142 e. The Hall–Kier alpha value is -1.59. The van der Waals surface area contributed by atoms with Gasteiger partial charge in [-0.3, -0.25) is 0 Å². The van der Waals surface area contributed by atoms with Crippen molar-refractivity contribution in [3.05, 3.63) is 46.9 Å².